The Morgan fingerprint density at radius 2 is 2.13 bits per heavy atom. The number of ether oxygens (including phenoxy) is 2. The van der Waals surface area contributed by atoms with Crippen molar-refractivity contribution >= 4 is 11.9 Å². The Morgan fingerprint density at radius 1 is 1.39 bits per heavy atom. The first-order valence-electron chi connectivity index (χ1n) is 7.20. The number of aromatic nitrogens is 4. The minimum Gasteiger partial charge on any atom is -0.494 e. The predicted octanol–water partition coefficient (Wildman–Crippen LogP) is 1.39. The van der Waals surface area contributed by atoms with Crippen molar-refractivity contribution in [1.29, 1.82) is 0 Å². The highest BCUT2D eigenvalue weighted by Crippen LogP contribution is 2.37. The Balaban J connectivity index is 2.04. The van der Waals surface area contributed by atoms with Crippen LogP contribution in [0.2, 0.25) is 0 Å². The largest absolute Gasteiger partial charge is 0.494 e. The molecule has 2 atom stereocenters. The number of carbonyl (C=O) groups excluding carboxylic acids is 1. The van der Waals surface area contributed by atoms with Crippen LogP contribution in [-0.2, 0) is 9.53 Å². The van der Waals surface area contributed by atoms with E-state index in [0.717, 1.165) is 11.3 Å². The number of nitrogens with one attached hydrogen (secondary N) is 1. The normalized spacial score (nSPS) is 19.7. The van der Waals surface area contributed by atoms with Crippen molar-refractivity contribution < 1.29 is 14.3 Å². The molecule has 0 unspecified atom stereocenters. The quantitative estimate of drug-likeness (QED) is 0.852. The van der Waals surface area contributed by atoms with E-state index in [-0.39, 0.29) is 0 Å². The molecule has 0 fully saturated rings. The van der Waals surface area contributed by atoms with Crippen molar-refractivity contribution in [2.75, 3.05) is 19.0 Å². The van der Waals surface area contributed by atoms with E-state index >= 15 is 0 Å². The summed E-state index contributed by atoms with van der Waals surface area (Å²) >= 11 is 0. The predicted molar refractivity (Wildman–Crippen MR) is 81.8 cm³/mol. The van der Waals surface area contributed by atoms with Crippen LogP contribution in [0.1, 0.15) is 18.5 Å². The number of carbonyl (C=O) groups is 1. The summed E-state index contributed by atoms with van der Waals surface area (Å²) in [6.07, 6.45) is 0. The van der Waals surface area contributed by atoms with Gasteiger partial charge >= 0.3 is 5.97 Å². The average Bonchev–Trinajstić information content (AvgIpc) is 3.02. The molecule has 8 heteroatoms. The van der Waals surface area contributed by atoms with Gasteiger partial charge in [0.25, 0.3) is 0 Å². The summed E-state index contributed by atoms with van der Waals surface area (Å²) in [5, 5.41) is 14.5. The molecule has 0 saturated carbocycles. The van der Waals surface area contributed by atoms with Gasteiger partial charge in [0.2, 0.25) is 5.95 Å². The molecule has 1 aromatic heterocycles. The van der Waals surface area contributed by atoms with E-state index in [0.29, 0.717) is 18.3 Å². The second-order valence-electron chi connectivity index (χ2n) is 5.05. The van der Waals surface area contributed by atoms with Crippen LogP contribution in [0.3, 0.4) is 0 Å². The van der Waals surface area contributed by atoms with Crippen molar-refractivity contribution in [3.8, 4) is 5.75 Å². The Hall–Kier alpha value is -2.90. The van der Waals surface area contributed by atoms with Crippen LogP contribution >= 0.6 is 0 Å². The molecule has 0 aliphatic carbocycles. The number of rotatable bonds is 4. The highest BCUT2D eigenvalue weighted by molar-refractivity contribution is 5.78. The topological polar surface area (TPSA) is 91.2 Å². The zero-order chi connectivity index (χ0) is 16.4. The highest BCUT2D eigenvalue weighted by Gasteiger charge is 2.40. The van der Waals surface area contributed by atoms with Gasteiger partial charge in [0.05, 0.1) is 13.7 Å². The third kappa shape index (κ3) is 2.63. The van der Waals surface area contributed by atoms with E-state index < -0.39 is 17.9 Å². The number of nitrogens with zero attached hydrogens (tertiary/aromatic N) is 4. The number of hydrogen-bond acceptors (Lipinski definition) is 7. The Morgan fingerprint density at radius 3 is 2.78 bits per heavy atom. The van der Waals surface area contributed by atoms with Crippen LogP contribution < -0.4 is 10.1 Å². The van der Waals surface area contributed by atoms with Crippen molar-refractivity contribution in [2.45, 2.75) is 13.0 Å². The van der Waals surface area contributed by atoms with Crippen LogP contribution in [0, 0.1) is 5.92 Å². The fourth-order valence-electron chi connectivity index (χ4n) is 2.68. The standard InChI is InChI=1S/C15H17N5O3/c1-4-23-11-7-5-10(6-8-11)13-12(14(21)22-3)9(2)16-15-17-18-19-20(13)15/h5-8,12-13H,2,4H2,1,3H3,(H,16,17,19)/t12-,13-/m1/s1. The van der Waals surface area contributed by atoms with Gasteiger partial charge in [-0.05, 0) is 35.0 Å². The van der Waals surface area contributed by atoms with Gasteiger partial charge in [0.15, 0.2) is 0 Å². The second-order valence-corrected chi connectivity index (χ2v) is 5.05. The van der Waals surface area contributed by atoms with Gasteiger partial charge in [-0.3, -0.25) is 4.79 Å². The lowest BCUT2D eigenvalue weighted by Crippen LogP contribution is -2.37. The molecule has 1 aromatic carbocycles. The fourth-order valence-corrected chi connectivity index (χ4v) is 2.68. The van der Waals surface area contributed by atoms with Gasteiger partial charge in [-0.15, -0.1) is 0 Å². The molecule has 1 aliphatic heterocycles. The van der Waals surface area contributed by atoms with Crippen LogP contribution in [-0.4, -0.2) is 39.9 Å². The van der Waals surface area contributed by atoms with Crippen LogP contribution in [0.15, 0.2) is 36.5 Å². The van der Waals surface area contributed by atoms with Crippen LogP contribution in [0.5, 0.6) is 5.75 Å². The summed E-state index contributed by atoms with van der Waals surface area (Å²) < 4.78 is 11.9. The van der Waals surface area contributed by atoms with Gasteiger partial charge < -0.3 is 14.8 Å². The maximum Gasteiger partial charge on any atom is 0.317 e. The third-order valence-electron chi connectivity index (χ3n) is 3.71. The van der Waals surface area contributed by atoms with E-state index in [2.05, 4.69) is 27.4 Å². The smallest absolute Gasteiger partial charge is 0.317 e. The van der Waals surface area contributed by atoms with Crippen molar-refractivity contribution in [3.63, 3.8) is 0 Å². The van der Waals surface area contributed by atoms with Crippen molar-refractivity contribution in [1.82, 2.24) is 20.2 Å². The fraction of sp³-hybridized carbons (Fsp3) is 0.333. The Labute approximate surface area is 133 Å². The second kappa shape index (κ2) is 6.07. The number of anilines is 1. The summed E-state index contributed by atoms with van der Waals surface area (Å²) in [5.41, 5.74) is 1.36. The SMILES string of the molecule is C=C1Nc2nnnn2[C@H](c2ccc(OCC)cc2)[C@@H]1C(=O)OC. The van der Waals surface area contributed by atoms with Gasteiger partial charge in [0, 0.05) is 5.70 Å². The molecule has 3 rings (SSSR count). The average molecular weight is 315 g/mol. The zero-order valence-electron chi connectivity index (χ0n) is 12.9. The highest BCUT2D eigenvalue weighted by atomic mass is 16.5. The summed E-state index contributed by atoms with van der Waals surface area (Å²) in [6.45, 7) is 6.43. The van der Waals surface area contributed by atoms with Gasteiger partial charge in [-0.2, -0.15) is 0 Å². The van der Waals surface area contributed by atoms with Crippen LogP contribution in [0.25, 0.3) is 0 Å². The van der Waals surface area contributed by atoms with E-state index in [1.165, 1.54) is 7.11 Å². The lowest BCUT2D eigenvalue weighted by Gasteiger charge is -2.32. The summed E-state index contributed by atoms with van der Waals surface area (Å²) in [7, 11) is 1.35. The molecular formula is C15H17N5O3. The molecule has 8 nitrogen and oxygen atoms in total. The maximum absolute atomic E-state index is 12.2. The zero-order valence-corrected chi connectivity index (χ0v) is 12.9. The Bertz CT molecular complexity index is 725. The number of fused-ring (bicyclic) bond motifs is 1. The number of hydrogen-bond donors (Lipinski definition) is 1. The van der Waals surface area contributed by atoms with Crippen molar-refractivity contribution in [2.24, 2.45) is 5.92 Å². The van der Waals surface area contributed by atoms with Gasteiger partial charge in [-0.25, -0.2) is 4.68 Å². The third-order valence-corrected chi connectivity index (χ3v) is 3.71. The van der Waals surface area contributed by atoms with E-state index in [9.17, 15) is 4.79 Å². The molecule has 120 valence electrons. The summed E-state index contributed by atoms with van der Waals surface area (Å²) in [4.78, 5) is 12.2. The maximum atomic E-state index is 12.2. The molecule has 2 aromatic rings. The molecular weight excluding hydrogens is 298 g/mol. The number of tetrazole rings is 1. The van der Waals surface area contributed by atoms with Crippen LogP contribution in [0.4, 0.5) is 5.95 Å². The molecule has 1 N–H and O–H groups in total. The molecule has 0 saturated heterocycles. The monoisotopic (exact) mass is 315 g/mol. The molecule has 23 heavy (non-hydrogen) atoms. The molecule has 0 bridgehead atoms. The molecule has 0 amide bonds. The van der Waals surface area contributed by atoms with E-state index in [4.69, 9.17) is 9.47 Å². The van der Waals surface area contributed by atoms with Gasteiger partial charge in [-0.1, -0.05) is 23.8 Å². The minimum absolute atomic E-state index is 0.400. The lowest BCUT2D eigenvalue weighted by atomic mass is 9.89. The lowest BCUT2D eigenvalue weighted by molar-refractivity contribution is -0.145. The van der Waals surface area contributed by atoms with E-state index in [1.807, 2.05) is 31.2 Å². The summed E-state index contributed by atoms with van der Waals surface area (Å²) in [5.74, 6) is 0.168. The first-order chi connectivity index (χ1) is 11.2. The Kier molecular flexibility index (Phi) is 3.96. The molecule has 2 heterocycles. The van der Waals surface area contributed by atoms with Gasteiger partial charge in [0.1, 0.15) is 17.7 Å². The number of methoxy groups -OCH3 is 1. The minimum atomic E-state index is -0.631. The molecule has 0 spiro atoms. The first-order valence-corrected chi connectivity index (χ1v) is 7.20. The number of benzene rings is 1. The number of esters is 1. The van der Waals surface area contributed by atoms with Crippen molar-refractivity contribution in [3.05, 3.63) is 42.1 Å². The first kappa shape index (κ1) is 15.0. The molecule has 0 radical (unpaired) electrons. The summed E-state index contributed by atoms with van der Waals surface area (Å²) in [6, 6.07) is 7.03. The molecule has 1 aliphatic rings. The van der Waals surface area contributed by atoms with E-state index in [1.54, 1.807) is 4.68 Å².